The maximum Gasteiger partial charge on any atom is 0.215 e. The molecule has 0 heterocycles. The number of hydrogen-bond acceptors (Lipinski definition) is 4. The third kappa shape index (κ3) is 7.28. The summed E-state index contributed by atoms with van der Waals surface area (Å²) in [5.74, 6) is 0.828. The maximum atomic E-state index is 11.9. The van der Waals surface area contributed by atoms with Crippen LogP contribution in [0.5, 0.6) is 0 Å². The molecule has 0 saturated carbocycles. The van der Waals surface area contributed by atoms with Crippen LogP contribution in [-0.4, -0.2) is 33.0 Å². The van der Waals surface area contributed by atoms with Gasteiger partial charge in [-0.15, -0.1) is 0 Å². The summed E-state index contributed by atoms with van der Waals surface area (Å²) in [5, 5.41) is 3.33. The first-order valence-electron chi connectivity index (χ1n) is 6.70. The van der Waals surface area contributed by atoms with Crippen molar-refractivity contribution in [2.24, 2.45) is 0 Å². The van der Waals surface area contributed by atoms with Crippen LogP contribution in [0.15, 0.2) is 24.3 Å². The average Bonchev–Trinajstić information content (AvgIpc) is 2.36. The van der Waals surface area contributed by atoms with Crippen molar-refractivity contribution in [1.82, 2.24) is 10.0 Å². The molecule has 6 heteroatoms. The second kappa shape index (κ2) is 8.67. The second-order valence-corrected chi connectivity index (χ2v) is 7.79. The van der Waals surface area contributed by atoms with Gasteiger partial charge in [0.15, 0.2) is 0 Å². The predicted molar refractivity (Wildman–Crippen MR) is 87.4 cm³/mol. The van der Waals surface area contributed by atoms with E-state index in [1.165, 1.54) is 0 Å². The van der Waals surface area contributed by atoms with Crippen molar-refractivity contribution in [2.75, 3.05) is 18.6 Å². The predicted octanol–water partition coefficient (Wildman–Crippen LogP) is 1.97. The summed E-state index contributed by atoms with van der Waals surface area (Å²) in [6.07, 6.45) is 1.96. The van der Waals surface area contributed by atoms with Crippen LogP contribution >= 0.6 is 11.8 Å². The van der Waals surface area contributed by atoms with Crippen LogP contribution in [0.2, 0.25) is 0 Å². The molecule has 0 atom stereocenters. The molecule has 114 valence electrons. The molecule has 0 unspecified atom stereocenters. The molecule has 0 aliphatic rings. The average molecular weight is 316 g/mol. The highest BCUT2D eigenvalue weighted by atomic mass is 32.2. The van der Waals surface area contributed by atoms with Gasteiger partial charge in [-0.2, -0.15) is 11.8 Å². The highest BCUT2D eigenvalue weighted by molar-refractivity contribution is 7.98. The van der Waals surface area contributed by atoms with E-state index in [2.05, 4.69) is 23.9 Å². The SMILES string of the molecule is CSCCNS(=O)(=O)Cc1cccc(CNC(C)C)c1. The molecule has 2 N–H and O–H groups in total. The van der Waals surface area contributed by atoms with Gasteiger partial charge in [0.1, 0.15) is 0 Å². The van der Waals surface area contributed by atoms with Crippen LogP contribution in [0.4, 0.5) is 0 Å². The van der Waals surface area contributed by atoms with Crippen molar-refractivity contribution in [1.29, 1.82) is 0 Å². The maximum absolute atomic E-state index is 11.9. The third-order valence-corrected chi connectivity index (χ3v) is 4.66. The number of nitrogens with one attached hydrogen (secondary N) is 2. The van der Waals surface area contributed by atoms with Gasteiger partial charge in [0.2, 0.25) is 10.0 Å². The van der Waals surface area contributed by atoms with E-state index in [0.717, 1.165) is 23.4 Å². The monoisotopic (exact) mass is 316 g/mol. The zero-order chi connectivity index (χ0) is 15.0. The molecule has 0 amide bonds. The molecule has 4 nitrogen and oxygen atoms in total. The molecule has 1 aromatic rings. The van der Waals surface area contributed by atoms with Crippen LogP contribution in [0.3, 0.4) is 0 Å². The number of rotatable bonds is 9. The molecule has 1 aromatic carbocycles. The molecule has 0 aliphatic heterocycles. The van der Waals surface area contributed by atoms with E-state index in [1.54, 1.807) is 11.8 Å². The zero-order valence-electron chi connectivity index (χ0n) is 12.3. The van der Waals surface area contributed by atoms with Crippen LogP contribution < -0.4 is 10.0 Å². The second-order valence-electron chi connectivity index (χ2n) is 5.00. The topological polar surface area (TPSA) is 58.2 Å². The molecule has 0 fully saturated rings. The largest absolute Gasteiger partial charge is 0.310 e. The fourth-order valence-corrected chi connectivity index (χ4v) is 3.29. The summed E-state index contributed by atoms with van der Waals surface area (Å²) in [6, 6.07) is 8.13. The van der Waals surface area contributed by atoms with Gasteiger partial charge in [-0.25, -0.2) is 13.1 Å². The Morgan fingerprint density at radius 3 is 2.60 bits per heavy atom. The minimum atomic E-state index is -3.24. The lowest BCUT2D eigenvalue weighted by Crippen LogP contribution is -2.27. The third-order valence-electron chi connectivity index (χ3n) is 2.69. The molecule has 1 rings (SSSR count). The van der Waals surface area contributed by atoms with E-state index in [4.69, 9.17) is 0 Å². The van der Waals surface area contributed by atoms with Crippen LogP contribution in [0, 0.1) is 0 Å². The molecule has 0 saturated heterocycles. The van der Waals surface area contributed by atoms with E-state index in [0.29, 0.717) is 12.6 Å². The van der Waals surface area contributed by atoms with Crippen molar-refractivity contribution >= 4 is 21.8 Å². The molecule has 0 spiro atoms. The molecule has 0 aliphatic carbocycles. The van der Waals surface area contributed by atoms with Gasteiger partial charge in [-0.3, -0.25) is 0 Å². The van der Waals surface area contributed by atoms with Gasteiger partial charge in [-0.05, 0) is 17.4 Å². The zero-order valence-corrected chi connectivity index (χ0v) is 14.0. The van der Waals surface area contributed by atoms with Gasteiger partial charge >= 0.3 is 0 Å². The first-order chi connectivity index (χ1) is 9.43. The van der Waals surface area contributed by atoms with Crippen LogP contribution in [0.25, 0.3) is 0 Å². The minimum Gasteiger partial charge on any atom is -0.310 e. The molecule has 20 heavy (non-hydrogen) atoms. The van der Waals surface area contributed by atoms with E-state index in [9.17, 15) is 8.42 Å². The van der Waals surface area contributed by atoms with Gasteiger partial charge < -0.3 is 5.32 Å². The highest BCUT2D eigenvalue weighted by Gasteiger charge is 2.11. The van der Waals surface area contributed by atoms with Crippen molar-refractivity contribution in [3.63, 3.8) is 0 Å². The standard InChI is InChI=1S/C14H24N2O2S2/c1-12(2)15-10-13-5-4-6-14(9-13)11-20(17,18)16-7-8-19-3/h4-6,9,12,15-16H,7-8,10-11H2,1-3H3. The van der Waals surface area contributed by atoms with E-state index in [1.807, 2.05) is 30.5 Å². The lowest BCUT2D eigenvalue weighted by molar-refractivity contribution is 0.582. The summed E-state index contributed by atoms with van der Waals surface area (Å²) in [5.41, 5.74) is 1.93. The summed E-state index contributed by atoms with van der Waals surface area (Å²) >= 11 is 1.63. The fourth-order valence-electron chi connectivity index (χ4n) is 1.72. The number of benzene rings is 1. The summed E-state index contributed by atoms with van der Waals surface area (Å²) < 4.78 is 26.4. The van der Waals surface area contributed by atoms with Crippen LogP contribution in [-0.2, 0) is 22.3 Å². The van der Waals surface area contributed by atoms with E-state index >= 15 is 0 Å². The Bertz CT molecular complexity index is 502. The highest BCUT2D eigenvalue weighted by Crippen LogP contribution is 2.09. The van der Waals surface area contributed by atoms with E-state index in [-0.39, 0.29) is 5.75 Å². The summed E-state index contributed by atoms with van der Waals surface area (Å²) in [7, 11) is -3.24. The first kappa shape index (κ1) is 17.5. The molecule has 0 radical (unpaired) electrons. The lowest BCUT2D eigenvalue weighted by atomic mass is 10.1. The molecular formula is C14H24N2O2S2. The number of sulfonamides is 1. The van der Waals surface area contributed by atoms with Gasteiger partial charge in [0.05, 0.1) is 5.75 Å². The Hall–Kier alpha value is -0.560. The molecule has 0 bridgehead atoms. The Labute approximate surface area is 126 Å². The Balaban J connectivity index is 2.60. The smallest absolute Gasteiger partial charge is 0.215 e. The summed E-state index contributed by atoms with van der Waals surface area (Å²) in [6.45, 7) is 5.41. The van der Waals surface area contributed by atoms with Crippen molar-refractivity contribution in [3.8, 4) is 0 Å². The fraction of sp³-hybridized carbons (Fsp3) is 0.571. The van der Waals surface area contributed by atoms with Gasteiger partial charge in [0.25, 0.3) is 0 Å². The van der Waals surface area contributed by atoms with Crippen molar-refractivity contribution in [3.05, 3.63) is 35.4 Å². The molecule has 0 aromatic heterocycles. The quantitative estimate of drug-likeness (QED) is 0.684. The number of thioether (sulfide) groups is 1. The summed E-state index contributed by atoms with van der Waals surface area (Å²) in [4.78, 5) is 0. The minimum absolute atomic E-state index is 0.0386. The lowest BCUT2D eigenvalue weighted by Gasteiger charge is -2.10. The van der Waals surface area contributed by atoms with Gasteiger partial charge in [0, 0.05) is 24.9 Å². The van der Waals surface area contributed by atoms with Crippen molar-refractivity contribution in [2.45, 2.75) is 32.2 Å². The Morgan fingerprint density at radius 2 is 1.95 bits per heavy atom. The molecular weight excluding hydrogens is 292 g/mol. The van der Waals surface area contributed by atoms with Crippen molar-refractivity contribution < 1.29 is 8.42 Å². The Kier molecular flexibility index (Phi) is 7.58. The normalized spacial score (nSPS) is 12.0. The Morgan fingerprint density at radius 1 is 1.25 bits per heavy atom. The van der Waals surface area contributed by atoms with Crippen LogP contribution in [0.1, 0.15) is 25.0 Å². The van der Waals surface area contributed by atoms with E-state index < -0.39 is 10.0 Å². The number of hydrogen-bond donors (Lipinski definition) is 2. The first-order valence-corrected chi connectivity index (χ1v) is 9.75. The van der Waals surface area contributed by atoms with Gasteiger partial charge in [-0.1, -0.05) is 38.1 Å².